The third-order valence-electron chi connectivity index (χ3n) is 21.0. The van der Waals surface area contributed by atoms with Gasteiger partial charge in [-0.3, -0.25) is 0 Å². The molecule has 4 heterocycles. The molecule has 4 aliphatic heterocycles. The summed E-state index contributed by atoms with van der Waals surface area (Å²) in [7, 11) is 0. The Labute approximate surface area is 450 Å². The van der Waals surface area contributed by atoms with Gasteiger partial charge in [0.15, 0.2) is 25.2 Å². The minimum atomic E-state index is -1.86. The Bertz CT molecular complexity index is 2010. The van der Waals surface area contributed by atoms with E-state index in [0.717, 1.165) is 5.57 Å². The van der Waals surface area contributed by atoms with E-state index < -0.39 is 188 Å². The molecule has 31 atom stereocenters. The third kappa shape index (κ3) is 10.7. The van der Waals surface area contributed by atoms with Crippen LogP contribution in [0.3, 0.4) is 0 Å². The molecule has 446 valence electrons. The number of aliphatic hydroxyl groups excluding tert-OH is 15. The lowest BCUT2D eigenvalue weighted by Crippen LogP contribution is -2.70. The lowest BCUT2D eigenvalue weighted by Gasteiger charge is -2.71. The highest BCUT2D eigenvalue weighted by Gasteiger charge is 2.74. The summed E-state index contributed by atoms with van der Waals surface area (Å²) in [5, 5.41) is 165. The SMILES string of the molecule is CC(C)=CCCC(C)(OC1OC(COC2OC(C)C(O)C(O)C2O)C(O)C(O)C1O)C1CCC2(C)C1C(O)CC1C3(C)C(O)CC(OC4OC(CO)C(O)C(O)C4OC4OC(CO)C(O)C(O)C4O)C(C)(C)C3CCC12C. The summed E-state index contributed by atoms with van der Waals surface area (Å²) in [6, 6.07) is 0. The van der Waals surface area contributed by atoms with Crippen molar-refractivity contribution in [2.45, 2.75) is 260 Å². The average Bonchev–Trinajstić information content (AvgIpc) is 4.05. The third-order valence-corrected chi connectivity index (χ3v) is 21.0. The fourth-order valence-corrected chi connectivity index (χ4v) is 16.1. The number of aliphatic hydroxyl groups is 15. The molecular weight excluding hydrogens is 1020 g/mol. The van der Waals surface area contributed by atoms with Crippen LogP contribution in [0.1, 0.15) is 114 Å². The van der Waals surface area contributed by atoms with Gasteiger partial charge in [0.2, 0.25) is 0 Å². The number of hydrogen-bond acceptors (Lipinski definition) is 23. The Kier molecular flexibility index (Phi) is 18.6. The van der Waals surface area contributed by atoms with Crippen LogP contribution in [0.5, 0.6) is 0 Å². The van der Waals surface area contributed by atoms with Gasteiger partial charge in [-0.05, 0) is 113 Å². The van der Waals surface area contributed by atoms with Crippen LogP contribution in [0.25, 0.3) is 0 Å². The van der Waals surface area contributed by atoms with Crippen LogP contribution in [0, 0.1) is 45.3 Å². The first kappa shape index (κ1) is 61.9. The molecule has 15 N–H and O–H groups in total. The van der Waals surface area contributed by atoms with Crippen LogP contribution in [0.2, 0.25) is 0 Å². The summed E-state index contributed by atoms with van der Waals surface area (Å²) in [5.74, 6) is -1.11. The van der Waals surface area contributed by atoms with Gasteiger partial charge < -0.3 is 114 Å². The van der Waals surface area contributed by atoms with E-state index in [9.17, 15) is 76.6 Å². The number of hydrogen-bond donors (Lipinski definition) is 15. The second-order valence-electron chi connectivity index (χ2n) is 25.8. The number of rotatable bonds is 15. The molecule has 0 radical (unpaired) electrons. The first-order valence-corrected chi connectivity index (χ1v) is 27.9. The molecule has 77 heavy (non-hydrogen) atoms. The van der Waals surface area contributed by atoms with E-state index in [-0.39, 0.29) is 30.1 Å². The quantitative estimate of drug-likeness (QED) is 0.0611. The molecule has 0 aromatic carbocycles. The smallest absolute Gasteiger partial charge is 0.187 e. The van der Waals surface area contributed by atoms with Gasteiger partial charge in [0.05, 0.1) is 49.8 Å². The maximum atomic E-state index is 12.8. The normalized spacial score (nSPS) is 53.6. The van der Waals surface area contributed by atoms with Crippen molar-refractivity contribution in [1.82, 2.24) is 0 Å². The monoisotopic (exact) mass is 1110 g/mol. The van der Waals surface area contributed by atoms with Gasteiger partial charge in [0.1, 0.15) is 91.6 Å². The van der Waals surface area contributed by atoms with Crippen LogP contribution < -0.4 is 0 Å². The van der Waals surface area contributed by atoms with Crippen LogP contribution in [-0.2, 0) is 37.9 Å². The highest BCUT2D eigenvalue weighted by Crippen LogP contribution is 2.76. The molecular formula is C54H92O23. The first-order chi connectivity index (χ1) is 35.9. The van der Waals surface area contributed by atoms with Gasteiger partial charge in [-0.25, -0.2) is 0 Å². The Morgan fingerprint density at radius 3 is 1.75 bits per heavy atom. The van der Waals surface area contributed by atoms with Crippen molar-refractivity contribution in [1.29, 1.82) is 0 Å². The molecule has 23 nitrogen and oxygen atoms in total. The van der Waals surface area contributed by atoms with Crippen molar-refractivity contribution < 1.29 is 114 Å². The van der Waals surface area contributed by atoms with Crippen molar-refractivity contribution in [2.24, 2.45) is 45.3 Å². The van der Waals surface area contributed by atoms with Gasteiger partial charge in [0, 0.05) is 11.8 Å². The predicted molar refractivity (Wildman–Crippen MR) is 266 cm³/mol. The fraction of sp³-hybridized carbons (Fsp3) is 0.963. The highest BCUT2D eigenvalue weighted by molar-refractivity contribution is 5.22. The van der Waals surface area contributed by atoms with E-state index in [1.54, 1.807) is 0 Å². The molecule has 0 aromatic rings. The highest BCUT2D eigenvalue weighted by atomic mass is 16.8. The molecule has 4 saturated heterocycles. The average molecular weight is 1110 g/mol. The molecule has 0 amide bonds. The van der Waals surface area contributed by atoms with Crippen LogP contribution in [0.15, 0.2) is 11.6 Å². The molecule has 0 aromatic heterocycles. The molecule has 8 fully saturated rings. The summed E-state index contributed by atoms with van der Waals surface area (Å²) in [6.07, 6.45) is -27.7. The van der Waals surface area contributed by atoms with E-state index in [1.165, 1.54) is 6.92 Å². The number of allylic oxidation sites excluding steroid dienone is 2. The predicted octanol–water partition coefficient (Wildman–Crippen LogP) is -2.20. The zero-order valence-corrected chi connectivity index (χ0v) is 45.9. The molecule has 4 aliphatic carbocycles. The van der Waals surface area contributed by atoms with Crippen LogP contribution in [0.4, 0.5) is 0 Å². The molecule has 23 heteroatoms. The lowest BCUT2D eigenvalue weighted by atomic mass is 9.34. The van der Waals surface area contributed by atoms with Gasteiger partial charge in [0.25, 0.3) is 0 Å². The van der Waals surface area contributed by atoms with Crippen LogP contribution in [-0.4, -0.2) is 243 Å². The van der Waals surface area contributed by atoms with Gasteiger partial charge in [-0.15, -0.1) is 0 Å². The van der Waals surface area contributed by atoms with Crippen molar-refractivity contribution >= 4 is 0 Å². The molecule has 0 bridgehead atoms. The second kappa shape index (κ2) is 23.1. The molecule has 8 rings (SSSR count). The molecule has 8 aliphatic rings. The minimum absolute atomic E-state index is 0.0611. The topological polar surface area (TPSA) is 377 Å². The van der Waals surface area contributed by atoms with Crippen molar-refractivity contribution in [3.05, 3.63) is 11.6 Å². The minimum Gasteiger partial charge on any atom is -0.394 e. The van der Waals surface area contributed by atoms with Crippen molar-refractivity contribution in [3.63, 3.8) is 0 Å². The van der Waals surface area contributed by atoms with E-state index in [1.807, 2.05) is 34.6 Å². The van der Waals surface area contributed by atoms with E-state index in [4.69, 9.17) is 37.9 Å². The standard InChI is InChI=1S/C54H92O23/c1-22(2)11-10-14-53(8,77-48-44(69)40(65)37(62)28(74-48)21-70-46-42(67)38(63)34(59)23(3)71-46)24-12-15-52(7)33(24)25(57)17-30-51(52,6)16-13-29-50(4,5)32(18-31(58)54(29,30)9)75-49-45(41(66)36(61)27(20-56)73-49)76-47-43(68)39(64)35(60)26(19-55)72-47/h11,23-49,55-69H,10,12-21H2,1-9H3. The van der Waals surface area contributed by atoms with E-state index >= 15 is 0 Å². The maximum Gasteiger partial charge on any atom is 0.187 e. The summed E-state index contributed by atoms with van der Waals surface area (Å²) in [5.41, 5.74) is -2.54. The fourth-order valence-electron chi connectivity index (χ4n) is 16.1. The number of ether oxygens (including phenoxy) is 8. The Morgan fingerprint density at radius 2 is 1.13 bits per heavy atom. The Hall–Kier alpha value is -1.18. The van der Waals surface area contributed by atoms with E-state index in [0.29, 0.717) is 44.9 Å². The largest absolute Gasteiger partial charge is 0.394 e. The Balaban J connectivity index is 1.03. The Morgan fingerprint density at radius 1 is 0.584 bits per heavy atom. The lowest BCUT2D eigenvalue weighted by molar-refractivity contribution is -0.381. The van der Waals surface area contributed by atoms with Gasteiger partial charge in [-0.2, -0.15) is 0 Å². The zero-order chi connectivity index (χ0) is 56.8. The summed E-state index contributed by atoms with van der Waals surface area (Å²) < 4.78 is 48.9. The first-order valence-electron chi connectivity index (χ1n) is 27.9. The second-order valence-corrected chi connectivity index (χ2v) is 25.8. The van der Waals surface area contributed by atoms with Crippen LogP contribution >= 0.6 is 0 Å². The van der Waals surface area contributed by atoms with Gasteiger partial charge >= 0.3 is 0 Å². The molecule has 0 spiro atoms. The van der Waals surface area contributed by atoms with E-state index in [2.05, 4.69) is 26.8 Å². The molecule has 4 saturated carbocycles. The summed E-state index contributed by atoms with van der Waals surface area (Å²) >= 11 is 0. The zero-order valence-electron chi connectivity index (χ0n) is 45.9. The van der Waals surface area contributed by atoms with Gasteiger partial charge in [-0.1, -0.05) is 46.3 Å². The summed E-state index contributed by atoms with van der Waals surface area (Å²) in [6.45, 7) is 16.1. The molecule has 31 unspecified atom stereocenters. The summed E-state index contributed by atoms with van der Waals surface area (Å²) in [4.78, 5) is 0. The maximum absolute atomic E-state index is 12.8. The number of fused-ring (bicyclic) bond motifs is 5. The van der Waals surface area contributed by atoms with Crippen molar-refractivity contribution in [2.75, 3.05) is 19.8 Å². The van der Waals surface area contributed by atoms with Crippen molar-refractivity contribution in [3.8, 4) is 0 Å².